The highest BCUT2D eigenvalue weighted by Gasteiger charge is 2.21. The third-order valence-corrected chi connectivity index (χ3v) is 2.20. The quantitative estimate of drug-likeness (QED) is 0.447. The summed E-state index contributed by atoms with van der Waals surface area (Å²) >= 11 is 0. The fourth-order valence-corrected chi connectivity index (χ4v) is 1.44. The first kappa shape index (κ1) is 14.7. The van der Waals surface area contributed by atoms with Crippen molar-refractivity contribution in [1.82, 2.24) is 5.01 Å². The Kier molecular flexibility index (Phi) is 5.11. The molecule has 1 aromatic carbocycles. The SMILES string of the molecule is CCOc1c(OC)cc(/C=N/N(C)C)cc1[N+](=O)[O-]. The van der Waals surface area contributed by atoms with E-state index in [1.165, 1.54) is 19.4 Å². The zero-order valence-electron chi connectivity index (χ0n) is 11.4. The van der Waals surface area contributed by atoms with Crippen LogP contribution in [0.25, 0.3) is 0 Å². The molecule has 0 fully saturated rings. The van der Waals surface area contributed by atoms with Gasteiger partial charge in [-0.1, -0.05) is 0 Å². The topological polar surface area (TPSA) is 77.2 Å². The Morgan fingerprint density at radius 1 is 1.47 bits per heavy atom. The van der Waals surface area contributed by atoms with Gasteiger partial charge in [-0.3, -0.25) is 10.1 Å². The van der Waals surface area contributed by atoms with Crippen molar-refractivity contribution in [3.63, 3.8) is 0 Å². The molecule has 1 rings (SSSR count). The molecule has 0 aromatic heterocycles. The van der Waals surface area contributed by atoms with Gasteiger partial charge < -0.3 is 14.5 Å². The molecule has 0 radical (unpaired) electrons. The maximum atomic E-state index is 11.1. The summed E-state index contributed by atoms with van der Waals surface area (Å²) in [5.41, 5.74) is 0.433. The van der Waals surface area contributed by atoms with Crippen LogP contribution in [0.4, 0.5) is 5.69 Å². The molecule has 0 atom stereocenters. The first-order valence-corrected chi connectivity index (χ1v) is 5.70. The van der Waals surface area contributed by atoms with Crippen molar-refractivity contribution in [3.8, 4) is 11.5 Å². The van der Waals surface area contributed by atoms with Crippen LogP contribution in [0, 0.1) is 10.1 Å². The van der Waals surface area contributed by atoms with Crippen molar-refractivity contribution in [2.75, 3.05) is 27.8 Å². The highest BCUT2D eigenvalue weighted by molar-refractivity contribution is 5.83. The summed E-state index contributed by atoms with van der Waals surface area (Å²) in [7, 11) is 4.96. The van der Waals surface area contributed by atoms with Crippen LogP contribution in [0.2, 0.25) is 0 Å². The van der Waals surface area contributed by atoms with Crippen LogP contribution in [-0.2, 0) is 0 Å². The summed E-state index contributed by atoms with van der Waals surface area (Å²) in [5.74, 6) is 0.452. The molecule has 19 heavy (non-hydrogen) atoms. The van der Waals surface area contributed by atoms with E-state index in [-0.39, 0.29) is 11.4 Å². The fraction of sp³-hybridized carbons (Fsp3) is 0.417. The molecule has 7 nitrogen and oxygen atoms in total. The minimum absolute atomic E-state index is 0.136. The Balaban J connectivity index is 3.31. The predicted molar refractivity (Wildman–Crippen MR) is 72.1 cm³/mol. The standard InChI is InChI=1S/C12H17N3O4/c1-5-19-12-10(15(16)17)6-9(7-11(12)18-4)8-13-14(2)3/h6-8H,5H2,1-4H3/b13-8+. The van der Waals surface area contributed by atoms with Gasteiger partial charge in [0.2, 0.25) is 5.75 Å². The van der Waals surface area contributed by atoms with Crippen LogP contribution in [0.1, 0.15) is 12.5 Å². The van der Waals surface area contributed by atoms with Crippen molar-refractivity contribution in [2.24, 2.45) is 5.10 Å². The van der Waals surface area contributed by atoms with Crippen molar-refractivity contribution < 1.29 is 14.4 Å². The van der Waals surface area contributed by atoms with Gasteiger partial charge in [0.15, 0.2) is 5.75 Å². The molecule has 0 unspecified atom stereocenters. The van der Waals surface area contributed by atoms with E-state index in [2.05, 4.69) is 5.10 Å². The molecule has 0 saturated carbocycles. The maximum Gasteiger partial charge on any atom is 0.315 e. The van der Waals surface area contributed by atoms with Crippen LogP contribution in [-0.4, -0.2) is 44.0 Å². The Morgan fingerprint density at radius 2 is 2.16 bits per heavy atom. The minimum atomic E-state index is -0.499. The van der Waals surface area contributed by atoms with Gasteiger partial charge in [-0.2, -0.15) is 5.10 Å². The summed E-state index contributed by atoms with van der Waals surface area (Å²) in [6.45, 7) is 2.08. The maximum absolute atomic E-state index is 11.1. The normalized spacial score (nSPS) is 10.5. The molecule has 0 aliphatic heterocycles. The Morgan fingerprint density at radius 3 is 2.63 bits per heavy atom. The lowest BCUT2D eigenvalue weighted by molar-refractivity contribution is -0.385. The van der Waals surface area contributed by atoms with E-state index in [1.807, 2.05) is 0 Å². The molecular formula is C12H17N3O4. The summed E-state index contributed by atoms with van der Waals surface area (Å²) in [4.78, 5) is 10.6. The lowest BCUT2D eigenvalue weighted by Crippen LogP contribution is -2.04. The molecule has 0 aliphatic rings. The smallest absolute Gasteiger partial charge is 0.315 e. The summed E-state index contributed by atoms with van der Waals surface area (Å²) < 4.78 is 10.4. The number of methoxy groups -OCH3 is 1. The molecule has 0 heterocycles. The molecule has 0 bridgehead atoms. The van der Waals surface area contributed by atoms with Crippen LogP contribution < -0.4 is 9.47 Å². The van der Waals surface area contributed by atoms with E-state index in [4.69, 9.17) is 9.47 Å². The Hall–Kier alpha value is -2.31. The second-order valence-electron chi connectivity index (χ2n) is 3.85. The van der Waals surface area contributed by atoms with Crippen molar-refractivity contribution >= 4 is 11.9 Å². The van der Waals surface area contributed by atoms with Gasteiger partial charge in [0.25, 0.3) is 0 Å². The fourth-order valence-electron chi connectivity index (χ4n) is 1.44. The van der Waals surface area contributed by atoms with Crippen LogP contribution in [0.15, 0.2) is 17.2 Å². The van der Waals surface area contributed by atoms with Crippen molar-refractivity contribution in [1.29, 1.82) is 0 Å². The van der Waals surface area contributed by atoms with Gasteiger partial charge in [-0.05, 0) is 13.0 Å². The molecule has 1 aromatic rings. The highest BCUT2D eigenvalue weighted by Crippen LogP contribution is 2.37. The minimum Gasteiger partial charge on any atom is -0.493 e. The zero-order valence-corrected chi connectivity index (χ0v) is 11.4. The van der Waals surface area contributed by atoms with E-state index < -0.39 is 4.92 Å². The zero-order chi connectivity index (χ0) is 14.4. The number of ether oxygens (including phenoxy) is 2. The predicted octanol–water partition coefficient (Wildman–Crippen LogP) is 1.90. The van der Waals surface area contributed by atoms with Gasteiger partial charge in [0.05, 0.1) is 24.9 Å². The van der Waals surface area contributed by atoms with E-state index in [0.29, 0.717) is 17.9 Å². The van der Waals surface area contributed by atoms with Gasteiger partial charge in [-0.25, -0.2) is 0 Å². The first-order chi connectivity index (χ1) is 8.99. The van der Waals surface area contributed by atoms with E-state index in [0.717, 1.165) is 0 Å². The van der Waals surface area contributed by atoms with Crippen LogP contribution >= 0.6 is 0 Å². The number of nitrogens with zero attached hydrogens (tertiary/aromatic N) is 3. The van der Waals surface area contributed by atoms with Crippen LogP contribution in [0.3, 0.4) is 0 Å². The molecule has 0 spiro atoms. The van der Waals surface area contributed by atoms with E-state index in [1.54, 1.807) is 32.1 Å². The Bertz CT molecular complexity index is 486. The largest absolute Gasteiger partial charge is 0.493 e. The van der Waals surface area contributed by atoms with Crippen molar-refractivity contribution in [3.05, 3.63) is 27.8 Å². The number of benzene rings is 1. The monoisotopic (exact) mass is 267 g/mol. The number of rotatable bonds is 6. The van der Waals surface area contributed by atoms with Gasteiger partial charge in [0, 0.05) is 25.7 Å². The van der Waals surface area contributed by atoms with Gasteiger partial charge in [0.1, 0.15) is 0 Å². The average Bonchev–Trinajstić information content (AvgIpc) is 2.36. The molecular weight excluding hydrogens is 250 g/mol. The highest BCUT2D eigenvalue weighted by atomic mass is 16.6. The lowest BCUT2D eigenvalue weighted by Gasteiger charge is -2.10. The Labute approximate surface area is 111 Å². The summed E-state index contributed by atoms with van der Waals surface area (Å²) in [5, 5.41) is 16.7. The van der Waals surface area contributed by atoms with Crippen LogP contribution in [0.5, 0.6) is 11.5 Å². The first-order valence-electron chi connectivity index (χ1n) is 5.70. The summed E-state index contributed by atoms with van der Waals surface area (Å²) in [6, 6.07) is 3.05. The van der Waals surface area contributed by atoms with E-state index >= 15 is 0 Å². The second-order valence-corrected chi connectivity index (χ2v) is 3.85. The molecule has 0 aliphatic carbocycles. The van der Waals surface area contributed by atoms with Gasteiger partial charge >= 0.3 is 5.69 Å². The number of hydrogen-bond donors (Lipinski definition) is 0. The number of nitro groups is 1. The number of hydrazone groups is 1. The molecule has 104 valence electrons. The summed E-state index contributed by atoms with van der Waals surface area (Å²) in [6.07, 6.45) is 1.52. The third kappa shape index (κ3) is 3.84. The van der Waals surface area contributed by atoms with Crippen molar-refractivity contribution in [2.45, 2.75) is 6.92 Å². The number of nitro benzene ring substituents is 1. The third-order valence-electron chi connectivity index (χ3n) is 2.20. The molecule has 0 N–H and O–H groups in total. The average molecular weight is 267 g/mol. The second kappa shape index (κ2) is 6.58. The van der Waals surface area contributed by atoms with E-state index in [9.17, 15) is 10.1 Å². The number of hydrogen-bond acceptors (Lipinski definition) is 6. The molecule has 7 heteroatoms. The molecule has 0 saturated heterocycles. The lowest BCUT2D eigenvalue weighted by atomic mass is 10.2. The molecule has 0 amide bonds. The van der Waals surface area contributed by atoms with Gasteiger partial charge in [-0.15, -0.1) is 0 Å².